The Morgan fingerprint density at radius 3 is 2.40 bits per heavy atom. The Balaban J connectivity index is 1.95. The molecular weight excluding hydrogens is 353 g/mol. The normalized spacial score (nSPS) is 12.6. The SMILES string of the molecule is N#CC(c1ccc(OC(F)(F)F)cc1)c1ccc2cccc(Cl)c2n1. The van der Waals surface area contributed by atoms with E-state index in [2.05, 4.69) is 15.8 Å². The van der Waals surface area contributed by atoms with E-state index >= 15 is 0 Å². The molecular formula is C18H10ClF3N2O. The summed E-state index contributed by atoms with van der Waals surface area (Å²) in [6.07, 6.45) is -4.76. The molecule has 0 aliphatic heterocycles. The van der Waals surface area contributed by atoms with Crippen LogP contribution in [0.3, 0.4) is 0 Å². The van der Waals surface area contributed by atoms with Crippen LogP contribution >= 0.6 is 11.6 Å². The molecule has 0 radical (unpaired) electrons. The summed E-state index contributed by atoms with van der Waals surface area (Å²) < 4.78 is 40.5. The fourth-order valence-electron chi connectivity index (χ4n) is 2.46. The molecule has 0 N–H and O–H groups in total. The van der Waals surface area contributed by atoms with Crippen molar-refractivity contribution in [2.24, 2.45) is 0 Å². The number of fused-ring (bicyclic) bond motifs is 1. The van der Waals surface area contributed by atoms with Crippen molar-refractivity contribution in [2.75, 3.05) is 0 Å². The van der Waals surface area contributed by atoms with Crippen molar-refractivity contribution < 1.29 is 17.9 Å². The van der Waals surface area contributed by atoms with Crippen molar-refractivity contribution in [3.05, 3.63) is 70.9 Å². The first-order chi connectivity index (χ1) is 11.9. The Kier molecular flexibility index (Phi) is 4.51. The molecule has 1 heterocycles. The predicted molar refractivity (Wildman–Crippen MR) is 87.3 cm³/mol. The lowest BCUT2D eigenvalue weighted by molar-refractivity contribution is -0.274. The third kappa shape index (κ3) is 3.83. The molecule has 1 unspecified atom stereocenters. The number of ether oxygens (including phenoxy) is 1. The summed E-state index contributed by atoms with van der Waals surface area (Å²) in [5, 5.41) is 10.8. The van der Waals surface area contributed by atoms with Gasteiger partial charge in [-0.25, -0.2) is 4.98 Å². The summed E-state index contributed by atoms with van der Waals surface area (Å²) >= 11 is 6.14. The van der Waals surface area contributed by atoms with Gasteiger partial charge in [-0.3, -0.25) is 0 Å². The molecule has 3 rings (SSSR count). The standard InChI is InChI=1S/C18H10ClF3N2O/c19-15-3-1-2-12-6-9-16(24-17(12)15)14(10-23)11-4-7-13(8-5-11)25-18(20,21)22/h1-9,14H. The van der Waals surface area contributed by atoms with Gasteiger partial charge in [0, 0.05) is 5.39 Å². The molecule has 0 saturated heterocycles. The van der Waals surface area contributed by atoms with Gasteiger partial charge in [-0.15, -0.1) is 13.2 Å². The van der Waals surface area contributed by atoms with Crippen LogP contribution in [0.25, 0.3) is 10.9 Å². The van der Waals surface area contributed by atoms with E-state index in [-0.39, 0.29) is 5.75 Å². The first kappa shape index (κ1) is 17.1. The number of nitriles is 1. The summed E-state index contributed by atoms with van der Waals surface area (Å²) in [6, 6.07) is 16.1. The maximum absolute atomic E-state index is 12.2. The molecule has 1 aromatic heterocycles. The van der Waals surface area contributed by atoms with E-state index in [0.29, 0.717) is 21.8 Å². The van der Waals surface area contributed by atoms with Crippen LogP contribution in [0.5, 0.6) is 5.75 Å². The summed E-state index contributed by atoms with van der Waals surface area (Å²) in [6.45, 7) is 0. The number of halogens is 4. The average molecular weight is 363 g/mol. The van der Waals surface area contributed by atoms with Crippen molar-refractivity contribution in [2.45, 2.75) is 12.3 Å². The van der Waals surface area contributed by atoms with E-state index in [0.717, 1.165) is 5.39 Å². The lowest BCUT2D eigenvalue weighted by atomic mass is 9.96. The molecule has 7 heteroatoms. The van der Waals surface area contributed by atoms with Crippen LogP contribution in [0.15, 0.2) is 54.6 Å². The highest BCUT2D eigenvalue weighted by atomic mass is 35.5. The van der Waals surface area contributed by atoms with Crippen LogP contribution in [0.1, 0.15) is 17.2 Å². The van der Waals surface area contributed by atoms with Crippen LogP contribution in [0.2, 0.25) is 5.02 Å². The van der Waals surface area contributed by atoms with Gasteiger partial charge in [0.2, 0.25) is 0 Å². The molecule has 0 aliphatic carbocycles. The number of para-hydroxylation sites is 1. The van der Waals surface area contributed by atoms with Gasteiger partial charge < -0.3 is 4.74 Å². The van der Waals surface area contributed by atoms with Gasteiger partial charge in [0.1, 0.15) is 11.7 Å². The summed E-state index contributed by atoms with van der Waals surface area (Å²) in [4.78, 5) is 4.44. The number of pyridine rings is 1. The first-order valence-corrected chi connectivity index (χ1v) is 7.56. The van der Waals surface area contributed by atoms with Gasteiger partial charge in [0.05, 0.1) is 22.3 Å². The minimum Gasteiger partial charge on any atom is -0.406 e. The zero-order chi connectivity index (χ0) is 18.0. The first-order valence-electron chi connectivity index (χ1n) is 7.18. The largest absolute Gasteiger partial charge is 0.573 e. The third-order valence-electron chi connectivity index (χ3n) is 3.56. The Morgan fingerprint density at radius 1 is 1.04 bits per heavy atom. The predicted octanol–water partition coefficient (Wildman–Crippen LogP) is 5.44. The molecule has 2 aromatic carbocycles. The lowest BCUT2D eigenvalue weighted by Gasteiger charge is -2.12. The van der Waals surface area contributed by atoms with Crippen LogP contribution in [0.4, 0.5) is 13.2 Å². The number of benzene rings is 2. The number of hydrogen-bond acceptors (Lipinski definition) is 3. The number of alkyl halides is 3. The fraction of sp³-hybridized carbons (Fsp3) is 0.111. The Morgan fingerprint density at radius 2 is 1.76 bits per heavy atom. The summed E-state index contributed by atoms with van der Waals surface area (Å²) in [5.41, 5.74) is 1.54. The highest BCUT2D eigenvalue weighted by molar-refractivity contribution is 6.35. The average Bonchev–Trinajstić information content (AvgIpc) is 2.56. The molecule has 1 atom stereocenters. The summed E-state index contributed by atoms with van der Waals surface area (Å²) in [5.74, 6) is -1.08. The molecule has 0 amide bonds. The van der Waals surface area contributed by atoms with Crippen LogP contribution < -0.4 is 4.74 Å². The highest BCUT2D eigenvalue weighted by Crippen LogP contribution is 2.29. The maximum Gasteiger partial charge on any atom is 0.573 e. The fourth-order valence-corrected chi connectivity index (χ4v) is 2.68. The number of hydrogen-bond donors (Lipinski definition) is 0. The third-order valence-corrected chi connectivity index (χ3v) is 3.87. The van der Waals surface area contributed by atoms with E-state index in [4.69, 9.17) is 11.6 Å². The molecule has 0 fully saturated rings. The van der Waals surface area contributed by atoms with Crippen molar-refractivity contribution in [3.8, 4) is 11.8 Å². The summed E-state index contributed by atoms with van der Waals surface area (Å²) in [7, 11) is 0. The van der Waals surface area contributed by atoms with E-state index < -0.39 is 12.3 Å². The van der Waals surface area contributed by atoms with Crippen molar-refractivity contribution >= 4 is 22.5 Å². The second kappa shape index (κ2) is 6.61. The molecule has 3 aromatic rings. The van der Waals surface area contributed by atoms with Gasteiger partial charge in [0.15, 0.2) is 0 Å². The van der Waals surface area contributed by atoms with Crippen molar-refractivity contribution in [1.29, 1.82) is 5.26 Å². The van der Waals surface area contributed by atoms with E-state index in [9.17, 15) is 18.4 Å². The second-order valence-corrected chi connectivity index (χ2v) is 5.63. The van der Waals surface area contributed by atoms with E-state index in [1.54, 1.807) is 24.3 Å². The maximum atomic E-state index is 12.2. The Bertz CT molecular complexity index is 949. The lowest BCUT2D eigenvalue weighted by Crippen LogP contribution is -2.17. The zero-order valence-corrected chi connectivity index (χ0v) is 13.3. The molecule has 3 nitrogen and oxygen atoms in total. The van der Waals surface area contributed by atoms with Crippen molar-refractivity contribution in [3.63, 3.8) is 0 Å². The van der Waals surface area contributed by atoms with Crippen LogP contribution in [-0.2, 0) is 0 Å². The van der Waals surface area contributed by atoms with Gasteiger partial charge in [-0.1, -0.05) is 41.9 Å². The van der Waals surface area contributed by atoms with Crippen LogP contribution in [-0.4, -0.2) is 11.3 Å². The Labute approximate surface area is 146 Å². The number of aromatic nitrogens is 1. The number of rotatable bonds is 3. The molecule has 0 saturated carbocycles. The highest BCUT2D eigenvalue weighted by Gasteiger charge is 2.31. The molecule has 126 valence electrons. The molecule has 25 heavy (non-hydrogen) atoms. The topological polar surface area (TPSA) is 45.9 Å². The van der Waals surface area contributed by atoms with Gasteiger partial charge in [-0.05, 0) is 29.8 Å². The molecule has 0 spiro atoms. The molecule has 0 aliphatic rings. The minimum atomic E-state index is -4.76. The monoisotopic (exact) mass is 362 g/mol. The zero-order valence-electron chi connectivity index (χ0n) is 12.6. The van der Waals surface area contributed by atoms with E-state index in [1.807, 2.05) is 6.07 Å². The van der Waals surface area contributed by atoms with Gasteiger partial charge >= 0.3 is 6.36 Å². The van der Waals surface area contributed by atoms with Crippen molar-refractivity contribution in [1.82, 2.24) is 4.98 Å². The molecule has 0 bridgehead atoms. The quantitative estimate of drug-likeness (QED) is 0.623. The minimum absolute atomic E-state index is 0.345. The second-order valence-electron chi connectivity index (χ2n) is 5.23. The van der Waals surface area contributed by atoms with Crippen LogP contribution in [0, 0.1) is 11.3 Å². The van der Waals surface area contributed by atoms with Gasteiger partial charge in [0.25, 0.3) is 0 Å². The number of nitrogens with zero attached hydrogens (tertiary/aromatic N) is 2. The van der Waals surface area contributed by atoms with Gasteiger partial charge in [-0.2, -0.15) is 5.26 Å². The van der Waals surface area contributed by atoms with E-state index in [1.165, 1.54) is 24.3 Å². The smallest absolute Gasteiger partial charge is 0.406 e. The Hall–Kier alpha value is -2.78.